The quantitative estimate of drug-likeness (QED) is 0.600. The number of anilines is 1. The van der Waals surface area contributed by atoms with E-state index in [1.165, 1.54) is 7.11 Å². The summed E-state index contributed by atoms with van der Waals surface area (Å²) in [7, 11) is 1.48. The van der Waals surface area contributed by atoms with Gasteiger partial charge in [-0.2, -0.15) is 0 Å². The molecule has 0 unspecified atom stereocenters. The number of nitrogens with zero attached hydrogens (tertiary/aromatic N) is 2. The predicted molar refractivity (Wildman–Crippen MR) is 86.9 cm³/mol. The highest BCUT2D eigenvalue weighted by molar-refractivity contribution is 5.92. The molecule has 0 fully saturated rings. The maximum Gasteiger partial charge on any atom is 0.317 e. The third-order valence-electron chi connectivity index (χ3n) is 3.06. The van der Waals surface area contributed by atoms with E-state index in [-0.39, 0.29) is 5.75 Å². The molecule has 0 radical (unpaired) electrons. The van der Waals surface area contributed by atoms with Gasteiger partial charge in [-0.3, -0.25) is 25.0 Å². The highest BCUT2D eigenvalue weighted by Gasteiger charge is 2.21. The molecule has 10 heteroatoms. The van der Waals surface area contributed by atoms with Crippen molar-refractivity contribution in [3.05, 3.63) is 62.7 Å². The number of carbonyl (C=O) groups is 1. The number of nitro benzene ring substituents is 2. The lowest BCUT2D eigenvalue weighted by atomic mass is 10.2. The van der Waals surface area contributed by atoms with Crippen LogP contribution in [0.15, 0.2) is 42.5 Å². The normalized spacial score (nSPS) is 9.96. The van der Waals surface area contributed by atoms with E-state index in [0.717, 1.165) is 18.2 Å². The fourth-order valence-electron chi connectivity index (χ4n) is 1.93. The monoisotopic (exact) mass is 347 g/mol. The standard InChI is InChI=1S/C15H13N3O7/c1-24-12-4-2-3-10(7-12)16-15(19)9-25-14-6-5-11(17(20)21)8-13(14)18(22)23/h2-8H,9H2,1H3,(H,16,19). The fourth-order valence-corrected chi connectivity index (χ4v) is 1.93. The van der Waals surface area contributed by atoms with E-state index in [1.807, 2.05) is 0 Å². The largest absolute Gasteiger partial charge is 0.497 e. The number of amides is 1. The molecule has 0 saturated heterocycles. The molecule has 0 spiro atoms. The van der Waals surface area contributed by atoms with Crippen LogP contribution in [0.25, 0.3) is 0 Å². The highest BCUT2D eigenvalue weighted by atomic mass is 16.6. The highest BCUT2D eigenvalue weighted by Crippen LogP contribution is 2.30. The van der Waals surface area contributed by atoms with Gasteiger partial charge < -0.3 is 14.8 Å². The van der Waals surface area contributed by atoms with Gasteiger partial charge in [0, 0.05) is 17.8 Å². The second-order valence-corrected chi connectivity index (χ2v) is 4.74. The topological polar surface area (TPSA) is 134 Å². The summed E-state index contributed by atoms with van der Waals surface area (Å²) >= 11 is 0. The van der Waals surface area contributed by atoms with Gasteiger partial charge in [0.2, 0.25) is 0 Å². The number of ether oxygens (including phenoxy) is 2. The lowest BCUT2D eigenvalue weighted by Crippen LogP contribution is -2.20. The Hall–Kier alpha value is -3.69. The Labute approximate surface area is 141 Å². The van der Waals surface area contributed by atoms with Gasteiger partial charge in [0.1, 0.15) is 5.75 Å². The first kappa shape index (κ1) is 17.7. The summed E-state index contributed by atoms with van der Waals surface area (Å²) in [5.74, 6) is -0.248. The SMILES string of the molecule is COc1cccc(NC(=O)COc2ccc([N+](=O)[O-])cc2[N+](=O)[O-])c1. The number of hydrogen-bond acceptors (Lipinski definition) is 7. The van der Waals surface area contributed by atoms with E-state index in [4.69, 9.17) is 9.47 Å². The molecule has 1 N–H and O–H groups in total. The molecule has 10 nitrogen and oxygen atoms in total. The van der Waals surface area contributed by atoms with Gasteiger partial charge in [-0.1, -0.05) is 6.07 Å². The van der Waals surface area contributed by atoms with Crippen LogP contribution in [0.5, 0.6) is 11.5 Å². The van der Waals surface area contributed by atoms with Crippen LogP contribution >= 0.6 is 0 Å². The molecule has 2 aromatic rings. The number of nitrogens with one attached hydrogen (secondary N) is 1. The Kier molecular flexibility index (Phi) is 5.46. The summed E-state index contributed by atoms with van der Waals surface area (Å²) in [5, 5.41) is 24.2. The van der Waals surface area contributed by atoms with Gasteiger partial charge in [-0.15, -0.1) is 0 Å². The minimum absolute atomic E-state index is 0.239. The molecule has 2 rings (SSSR count). The lowest BCUT2D eigenvalue weighted by Gasteiger charge is -2.08. The van der Waals surface area contributed by atoms with E-state index in [2.05, 4.69) is 5.32 Å². The summed E-state index contributed by atoms with van der Waals surface area (Å²) in [6.07, 6.45) is 0. The van der Waals surface area contributed by atoms with E-state index in [9.17, 15) is 25.0 Å². The van der Waals surface area contributed by atoms with Crippen LogP contribution in [0.1, 0.15) is 0 Å². The van der Waals surface area contributed by atoms with Gasteiger partial charge in [-0.05, 0) is 18.2 Å². The molecule has 2 aromatic carbocycles. The Morgan fingerprint density at radius 1 is 1.12 bits per heavy atom. The molecular formula is C15H13N3O7. The number of benzene rings is 2. The second-order valence-electron chi connectivity index (χ2n) is 4.74. The molecule has 0 heterocycles. The Morgan fingerprint density at radius 3 is 2.52 bits per heavy atom. The Bertz CT molecular complexity index is 823. The van der Waals surface area contributed by atoms with Crippen LogP contribution < -0.4 is 14.8 Å². The van der Waals surface area contributed by atoms with Crippen LogP contribution in [-0.4, -0.2) is 29.5 Å². The van der Waals surface area contributed by atoms with Gasteiger partial charge in [0.05, 0.1) is 23.0 Å². The van der Waals surface area contributed by atoms with Crippen LogP contribution in [0.3, 0.4) is 0 Å². The smallest absolute Gasteiger partial charge is 0.317 e. The molecule has 1 amide bonds. The molecule has 130 valence electrons. The average molecular weight is 347 g/mol. The maximum atomic E-state index is 11.9. The number of rotatable bonds is 7. The van der Waals surface area contributed by atoms with Crippen molar-refractivity contribution >= 4 is 23.0 Å². The molecule has 0 atom stereocenters. The third kappa shape index (κ3) is 4.64. The van der Waals surface area contributed by atoms with E-state index >= 15 is 0 Å². The van der Waals surface area contributed by atoms with Crippen LogP contribution in [0, 0.1) is 20.2 Å². The summed E-state index contributed by atoms with van der Waals surface area (Å²) in [5.41, 5.74) is -0.575. The van der Waals surface area contributed by atoms with Crippen LogP contribution in [0.4, 0.5) is 17.1 Å². The molecule has 0 bridgehead atoms. The molecule has 0 aliphatic carbocycles. The van der Waals surface area contributed by atoms with Crippen LogP contribution in [-0.2, 0) is 4.79 Å². The zero-order chi connectivity index (χ0) is 18.4. The van der Waals surface area contributed by atoms with E-state index in [0.29, 0.717) is 11.4 Å². The van der Waals surface area contributed by atoms with Gasteiger partial charge in [0.15, 0.2) is 12.4 Å². The molecule has 0 aromatic heterocycles. The minimum atomic E-state index is -0.817. The van der Waals surface area contributed by atoms with E-state index < -0.39 is 33.7 Å². The van der Waals surface area contributed by atoms with Crippen molar-refractivity contribution in [2.45, 2.75) is 0 Å². The average Bonchev–Trinajstić information content (AvgIpc) is 2.59. The van der Waals surface area contributed by atoms with Gasteiger partial charge in [0.25, 0.3) is 11.6 Å². The van der Waals surface area contributed by atoms with Crippen molar-refractivity contribution in [2.24, 2.45) is 0 Å². The summed E-state index contributed by atoms with van der Waals surface area (Å²) < 4.78 is 10.1. The molecular weight excluding hydrogens is 334 g/mol. The Balaban J connectivity index is 2.06. The van der Waals surface area contributed by atoms with Crippen molar-refractivity contribution in [3.63, 3.8) is 0 Å². The molecule has 0 aliphatic rings. The van der Waals surface area contributed by atoms with Crippen molar-refractivity contribution < 1.29 is 24.1 Å². The van der Waals surface area contributed by atoms with Crippen molar-refractivity contribution in [2.75, 3.05) is 19.0 Å². The second kappa shape index (κ2) is 7.73. The first-order chi connectivity index (χ1) is 11.9. The first-order valence-corrected chi connectivity index (χ1v) is 6.90. The predicted octanol–water partition coefficient (Wildman–Crippen LogP) is 2.53. The number of carbonyl (C=O) groups excluding carboxylic acids is 1. The summed E-state index contributed by atoms with van der Waals surface area (Å²) in [6, 6.07) is 9.51. The zero-order valence-electron chi connectivity index (χ0n) is 13.0. The summed E-state index contributed by atoms with van der Waals surface area (Å²) in [6.45, 7) is -0.504. The number of nitro groups is 2. The number of hydrogen-bond donors (Lipinski definition) is 1. The first-order valence-electron chi connectivity index (χ1n) is 6.90. The molecule has 0 aliphatic heterocycles. The minimum Gasteiger partial charge on any atom is -0.497 e. The van der Waals surface area contributed by atoms with E-state index in [1.54, 1.807) is 24.3 Å². The fraction of sp³-hybridized carbons (Fsp3) is 0.133. The Morgan fingerprint density at radius 2 is 1.88 bits per heavy atom. The van der Waals surface area contributed by atoms with Crippen molar-refractivity contribution in [1.29, 1.82) is 0 Å². The van der Waals surface area contributed by atoms with Gasteiger partial charge >= 0.3 is 5.69 Å². The molecule has 25 heavy (non-hydrogen) atoms. The maximum absolute atomic E-state index is 11.9. The molecule has 0 saturated carbocycles. The number of non-ortho nitro benzene ring substituents is 1. The number of methoxy groups -OCH3 is 1. The van der Waals surface area contributed by atoms with Crippen molar-refractivity contribution in [1.82, 2.24) is 0 Å². The van der Waals surface area contributed by atoms with Crippen molar-refractivity contribution in [3.8, 4) is 11.5 Å². The van der Waals surface area contributed by atoms with Crippen LogP contribution in [0.2, 0.25) is 0 Å². The van der Waals surface area contributed by atoms with Gasteiger partial charge in [-0.25, -0.2) is 0 Å². The summed E-state index contributed by atoms with van der Waals surface area (Å²) in [4.78, 5) is 32.0. The lowest BCUT2D eigenvalue weighted by molar-refractivity contribution is -0.394. The third-order valence-corrected chi connectivity index (χ3v) is 3.06. The zero-order valence-corrected chi connectivity index (χ0v) is 13.0.